The van der Waals surface area contributed by atoms with Crippen LogP contribution in [0.2, 0.25) is 0 Å². The van der Waals surface area contributed by atoms with E-state index < -0.39 is 22.7 Å². The van der Waals surface area contributed by atoms with Gasteiger partial charge in [0.1, 0.15) is 12.7 Å². The van der Waals surface area contributed by atoms with Gasteiger partial charge in [0.25, 0.3) is 0 Å². The van der Waals surface area contributed by atoms with Crippen molar-refractivity contribution in [1.82, 2.24) is 10.6 Å². The van der Waals surface area contributed by atoms with E-state index in [4.69, 9.17) is 4.74 Å². The zero-order chi connectivity index (χ0) is 15.2. The number of aliphatic hydroxyl groups is 1. The number of ether oxygens (including phenoxy) is 1. The first-order chi connectivity index (χ1) is 9.33. The van der Waals surface area contributed by atoms with Crippen LogP contribution in [0.1, 0.15) is 20.3 Å². The van der Waals surface area contributed by atoms with Gasteiger partial charge in [0.05, 0.1) is 0 Å². The number of hydrogen-bond donors (Lipinski definition) is 3. The first kappa shape index (κ1) is 16.8. The molecule has 0 bridgehead atoms. The monoisotopic (exact) mass is 304 g/mol. The standard InChI is InChI=1S/C12H20N2O5S/c1-12(2)7-19-11(18)20-6-5-13-8(15)3-4-14-10(17)9(12)16/h9,16H,3-7H2,1-2H3,(H,13,15)(H,14,17)/t9-/m0/s1. The fourth-order valence-corrected chi connectivity index (χ4v) is 2.04. The molecule has 0 aromatic carbocycles. The Hall–Kier alpha value is -1.28. The molecule has 20 heavy (non-hydrogen) atoms. The molecule has 0 aromatic rings. The summed E-state index contributed by atoms with van der Waals surface area (Å²) >= 11 is 0.950. The molecule has 0 aromatic heterocycles. The summed E-state index contributed by atoms with van der Waals surface area (Å²) in [4.78, 5) is 34.6. The number of carbonyl (C=O) groups is 3. The van der Waals surface area contributed by atoms with Crippen LogP contribution in [0.15, 0.2) is 0 Å². The van der Waals surface area contributed by atoms with E-state index in [1.54, 1.807) is 13.8 Å². The molecular formula is C12H20N2O5S. The van der Waals surface area contributed by atoms with Gasteiger partial charge in [0.15, 0.2) is 0 Å². The van der Waals surface area contributed by atoms with Crippen LogP contribution in [-0.4, -0.2) is 53.8 Å². The summed E-state index contributed by atoms with van der Waals surface area (Å²) in [5, 5.41) is 14.6. The van der Waals surface area contributed by atoms with Crippen LogP contribution >= 0.6 is 11.8 Å². The van der Waals surface area contributed by atoms with Crippen LogP contribution in [0.5, 0.6) is 0 Å². The van der Waals surface area contributed by atoms with Crippen molar-refractivity contribution < 1.29 is 24.2 Å². The van der Waals surface area contributed by atoms with Crippen LogP contribution in [0.4, 0.5) is 4.79 Å². The number of cyclic esters (lactones) is 1. The molecule has 1 aliphatic rings. The molecule has 0 unspecified atom stereocenters. The van der Waals surface area contributed by atoms with E-state index in [1.165, 1.54) is 0 Å². The predicted octanol–water partition coefficient (Wildman–Crippen LogP) is -0.121. The molecule has 8 heteroatoms. The maximum absolute atomic E-state index is 11.7. The topological polar surface area (TPSA) is 105 Å². The summed E-state index contributed by atoms with van der Waals surface area (Å²) in [5.74, 6) is -0.381. The molecule has 0 spiro atoms. The highest BCUT2D eigenvalue weighted by Crippen LogP contribution is 2.22. The highest BCUT2D eigenvalue weighted by Gasteiger charge is 2.35. The van der Waals surface area contributed by atoms with Crippen LogP contribution < -0.4 is 10.6 Å². The summed E-state index contributed by atoms with van der Waals surface area (Å²) in [7, 11) is 0. The van der Waals surface area contributed by atoms with Crippen molar-refractivity contribution in [3.8, 4) is 0 Å². The SMILES string of the molecule is CC1(C)COC(=O)SCCNC(=O)CCNC(=O)[C@@H]1O. The minimum absolute atomic E-state index is 0.0558. The van der Waals surface area contributed by atoms with Gasteiger partial charge in [-0.2, -0.15) is 0 Å². The van der Waals surface area contributed by atoms with E-state index in [-0.39, 0.29) is 25.5 Å². The van der Waals surface area contributed by atoms with E-state index in [9.17, 15) is 19.5 Å². The molecule has 2 amide bonds. The van der Waals surface area contributed by atoms with E-state index in [0.717, 1.165) is 11.8 Å². The third-order valence-corrected chi connectivity index (χ3v) is 3.61. The Kier molecular flexibility index (Phi) is 6.28. The normalized spacial score (nSPS) is 25.9. The Labute approximate surface area is 121 Å². The number of amides is 2. The second kappa shape index (κ2) is 7.49. The lowest BCUT2D eigenvalue weighted by molar-refractivity contribution is -0.137. The average Bonchev–Trinajstić information content (AvgIpc) is 2.39. The minimum Gasteiger partial charge on any atom is -0.457 e. The second-order valence-electron chi connectivity index (χ2n) is 5.17. The van der Waals surface area contributed by atoms with Crippen molar-refractivity contribution in [2.45, 2.75) is 26.4 Å². The van der Waals surface area contributed by atoms with Crippen molar-refractivity contribution in [1.29, 1.82) is 0 Å². The number of hydrogen-bond acceptors (Lipinski definition) is 6. The zero-order valence-corrected chi connectivity index (χ0v) is 12.4. The minimum atomic E-state index is -1.31. The molecule has 0 aliphatic carbocycles. The van der Waals surface area contributed by atoms with Crippen LogP contribution in [0.3, 0.4) is 0 Å². The molecule has 7 nitrogen and oxygen atoms in total. The van der Waals surface area contributed by atoms with Crippen LogP contribution in [0.25, 0.3) is 0 Å². The summed E-state index contributed by atoms with van der Waals surface area (Å²) in [6, 6.07) is 0. The molecule has 114 valence electrons. The van der Waals surface area contributed by atoms with E-state index >= 15 is 0 Å². The molecule has 0 radical (unpaired) electrons. The average molecular weight is 304 g/mol. The highest BCUT2D eigenvalue weighted by atomic mass is 32.2. The zero-order valence-electron chi connectivity index (χ0n) is 11.6. The highest BCUT2D eigenvalue weighted by molar-refractivity contribution is 8.13. The largest absolute Gasteiger partial charge is 0.457 e. The van der Waals surface area contributed by atoms with Gasteiger partial charge in [0, 0.05) is 30.7 Å². The van der Waals surface area contributed by atoms with E-state index in [2.05, 4.69) is 10.6 Å². The molecule has 0 saturated carbocycles. The summed E-state index contributed by atoms with van der Waals surface area (Å²) in [6.45, 7) is 3.73. The molecule has 1 rings (SSSR count). The summed E-state index contributed by atoms with van der Waals surface area (Å²) in [5.41, 5.74) is -0.896. The van der Waals surface area contributed by atoms with E-state index in [0.29, 0.717) is 12.3 Å². The summed E-state index contributed by atoms with van der Waals surface area (Å²) < 4.78 is 5.02. The Balaban J connectivity index is 2.68. The summed E-state index contributed by atoms with van der Waals surface area (Å²) in [6.07, 6.45) is -1.18. The quantitative estimate of drug-likeness (QED) is 0.539. The first-order valence-electron chi connectivity index (χ1n) is 6.35. The Morgan fingerprint density at radius 1 is 1.25 bits per heavy atom. The third-order valence-electron chi connectivity index (χ3n) is 2.85. The maximum Gasteiger partial charge on any atom is 0.367 e. The van der Waals surface area contributed by atoms with Gasteiger partial charge in [0.2, 0.25) is 11.8 Å². The Bertz CT molecular complexity index is 386. The van der Waals surface area contributed by atoms with Gasteiger partial charge in [-0.3, -0.25) is 9.59 Å². The van der Waals surface area contributed by atoms with E-state index in [1.807, 2.05) is 0 Å². The fraction of sp³-hybridized carbons (Fsp3) is 0.750. The molecule has 1 fully saturated rings. The number of carbonyl (C=O) groups excluding carboxylic acids is 3. The molecule has 1 saturated heterocycles. The van der Waals surface area contributed by atoms with Crippen molar-refractivity contribution in [2.24, 2.45) is 5.41 Å². The van der Waals surface area contributed by atoms with Gasteiger partial charge in [-0.25, -0.2) is 4.79 Å². The van der Waals surface area contributed by atoms with Gasteiger partial charge >= 0.3 is 5.30 Å². The lowest BCUT2D eigenvalue weighted by Crippen LogP contribution is -2.47. The second-order valence-corrected chi connectivity index (χ2v) is 6.20. The smallest absolute Gasteiger partial charge is 0.367 e. The van der Waals surface area contributed by atoms with Crippen molar-refractivity contribution in [3.63, 3.8) is 0 Å². The molecule has 1 aliphatic heterocycles. The maximum atomic E-state index is 11.7. The van der Waals surface area contributed by atoms with Crippen molar-refractivity contribution in [3.05, 3.63) is 0 Å². The number of thioether (sulfide) groups is 1. The first-order valence-corrected chi connectivity index (χ1v) is 7.33. The van der Waals surface area contributed by atoms with Gasteiger partial charge < -0.3 is 20.5 Å². The van der Waals surface area contributed by atoms with Crippen LogP contribution in [-0.2, 0) is 14.3 Å². The fourth-order valence-electron chi connectivity index (χ4n) is 1.53. The molecule has 1 atom stereocenters. The molecule has 1 heterocycles. The van der Waals surface area contributed by atoms with Crippen LogP contribution in [0, 0.1) is 5.41 Å². The lowest BCUT2D eigenvalue weighted by atomic mass is 9.87. The Morgan fingerprint density at radius 2 is 1.95 bits per heavy atom. The third kappa shape index (κ3) is 5.38. The number of nitrogens with one attached hydrogen (secondary N) is 2. The number of aliphatic hydroxyl groups excluding tert-OH is 1. The Morgan fingerprint density at radius 3 is 2.65 bits per heavy atom. The van der Waals surface area contributed by atoms with Crippen molar-refractivity contribution >= 4 is 28.9 Å². The van der Waals surface area contributed by atoms with Gasteiger partial charge in [-0.05, 0) is 11.8 Å². The lowest BCUT2D eigenvalue weighted by Gasteiger charge is -2.29. The van der Waals surface area contributed by atoms with Gasteiger partial charge in [-0.15, -0.1) is 0 Å². The van der Waals surface area contributed by atoms with Gasteiger partial charge in [-0.1, -0.05) is 13.8 Å². The molecule has 3 N–H and O–H groups in total. The predicted molar refractivity (Wildman–Crippen MR) is 74.2 cm³/mol. The number of rotatable bonds is 0. The molecular weight excluding hydrogens is 284 g/mol. The van der Waals surface area contributed by atoms with Crippen molar-refractivity contribution in [2.75, 3.05) is 25.4 Å².